The van der Waals surface area contributed by atoms with Crippen LogP contribution in [0.3, 0.4) is 0 Å². The van der Waals surface area contributed by atoms with Crippen LogP contribution in [-0.4, -0.2) is 62.4 Å². The van der Waals surface area contributed by atoms with Crippen LogP contribution in [0.1, 0.15) is 42.6 Å². The number of likely N-dealkylation sites (tertiary alicyclic amines) is 1. The van der Waals surface area contributed by atoms with Gasteiger partial charge in [-0.3, -0.25) is 9.59 Å². The van der Waals surface area contributed by atoms with Gasteiger partial charge in [-0.25, -0.2) is 9.48 Å². The second-order valence-corrected chi connectivity index (χ2v) is 10.1. The van der Waals surface area contributed by atoms with Gasteiger partial charge in [0.25, 0.3) is 0 Å². The molecule has 13 heteroatoms. The van der Waals surface area contributed by atoms with Gasteiger partial charge in [0.1, 0.15) is 12.2 Å². The first-order valence-corrected chi connectivity index (χ1v) is 13.6. The van der Waals surface area contributed by atoms with Crippen LogP contribution in [0.2, 0.25) is 0 Å². The number of hydrogen-bond acceptors (Lipinski definition) is 7. The molecule has 4 rings (SSSR count). The number of ether oxygens (including phenoxy) is 1. The fourth-order valence-corrected chi connectivity index (χ4v) is 5.11. The van der Waals surface area contributed by atoms with E-state index in [9.17, 15) is 14.4 Å². The van der Waals surface area contributed by atoms with E-state index in [1.807, 2.05) is 41.3 Å². The molecule has 1 aromatic heterocycles. The van der Waals surface area contributed by atoms with Crippen molar-refractivity contribution in [3.05, 3.63) is 76.0 Å². The second-order valence-electron chi connectivity index (χ2n) is 9.24. The number of amides is 3. The monoisotopic (exact) mass is 633 g/mol. The van der Waals surface area contributed by atoms with Crippen LogP contribution < -0.4 is 11.1 Å². The van der Waals surface area contributed by atoms with Crippen molar-refractivity contribution in [2.45, 2.75) is 45.4 Å². The molecule has 214 valence electrons. The van der Waals surface area contributed by atoms with Crippen LogP contribution in [0.4, 0.5) is 10.5 Å². The topological polar surface area (TPSA) is 136 Å². The number of urea groups is 1. The van der Waals surface area contributed by atoms with Gasteiger partial charge in [0.2, 0.25) is 5.91 Å². The molecule has 2 heterocycles. The third-order valence-corrected chi connectivity index (χ3v) is 7.13. The Bertz CT molecular complexity index is 1300. The lowest BCUT2D eigenvalue weighted by Gasteiger charge is -2.27. The maximum Gasteiger partial charge on any atom is 0.327 e. The summed E-state index contributed by atoms with van der Waals surface area (Å²) in [6.45, 7) is 2.81. The maximum atomic E-state index is 13.3. The van der Waals surface area contributed by atoms with Crippen LogP contribution in [0, 0.1) is 0 Å². The molecule has 0 spiro atoms. The van der Waals surface area contributed by atoms with E-state index in [1.165, 1.54) is 9.58 Å². The number of hydrogen-bond donors (Lipinski definition) is 2. The first kappa shape index (κ1) is 30.9. The molecule has 0 radical (unpaired) electrons. The summed E-state index contributed by atoms with van der Waals surface area (Å²) in [7, 11) is 0. The van der Waals surface area contributed by atoms with Crippen LogP contribution >= 0.6 is 28.3 Å². The number of nitrogen functional groups attached to an aromatic ring is 1. The number of nitrogens with two attached hydrogens (primary N) is 1. The Morgan fingerprint density at radius 3 is 2.62 bits per heavy atom. The van der Waals surface area contributed by atoms with Crippen molar-refractivity contribution in [3.63, 3.8) is 0 Å². The van der Waals surface area contributed by atoms with E-state index in [4.69, 9.17) is 10.5 Å². The fourth-order valence-electron chi connectivity index (χ4n) is 4.56. The highest BCUT2D eigenvalue weighted by Gasteiger charge is 2.31. The van der Waals surface area contributed by atoms with Crippen molar-refractivity contribution >= 4 is 51.9 Å². The molecule has 0 aliphatic carbocycles. The van der Waals surface area contributed by atoms with Gasteiger partial charge in [-0.15, -0.1) is 17.5 Å². The normalized spacial score (nSPS) is 14.3. The summed E-state index contributed by atoms with van der Waals surface area (Å²) in [6.07, 6.45) is 3.36. The van der Waals surface area contributed by atoms with E-state index in [-0.39, 0.29) is 57.1 Å². The highest BCUT2D eigenvalue weighted by molar-refractivity contribution is 9.10. The van der Waals surface area contributed by atoms with Crippen molar-refractivity contribution in [1.29, 1.82) is 0 Å². The second kappa shape index (κ2) is 14.7. The summed E-state index contributed by atoms with van der Waals surface area (Å²) < 4.78 is 7.28. The van der Waals surface area contributed by atoms with Gasteiger partial charge in [0.05, 0.1) is 31.9 Å². The standard InChI is InChI=1S/C27H32BrN7O4.ClH/c1-2-39-26(37)18-34-17-21(31-32-34)16-33(15-19-9-11-20(29)12-10-19)27(38)30-14-25(36)35-13-5-8-24(35)22-6-3-4-7-23(22)28;/h3-4,6-7,9-12,17,24H,2,5,8,13-16,18,29H2,1H3,(H,30,38);1H. The summed E-state index contributed by atoms with van der Waals surface area (Å²) in [4.78, 5) is 41.6. The molecule has 0 bridgehead atoms. The highest BCUT2D eigenvalue weighted by atomic mass is 79.9. The Hall–Kier alpha value is -3.64. The SMILES string of the molecule is CCOC(=O)Cn1cc(CN(Cc2ccc(N)cc2)C(=O)NCC(=O)N2CCCC2c2ccccc2Br)nn1.Cl. The van der Waals surface area contributed by atoms with Crippen LogP contribution in [0.25, 0.3) is 0 Å². The van der Waals surface area contributed by atoms with E-state index in [2.05, 4.69) is 31.6 Å². The van der Waals surface area contributed by atoms with E-state index < -0.39 is 12.0 Å². The third kappa shape index (κ3) is 8.18. The molecule has 40 heavy (non-hydrogen) atoms. The number of esters is 1. The van der Waals surface area contributed by atoms with Crippen molar-refractivity contribution < 1.29 is 19.1 Å². The first-order chi connectivity index (χ1) is 18.8. The molecule has 0 saturated carbocycles. The van der Waals surface area contributed by atoms with Gasteiger partial charge in [0.15, 0.2) is 0 Å². The Morgan fingerprint density at radius 2 is 1.90 bits per heavy atom. The van der Waals surface area contributed by atoms with Crippen LogP contribution in [0.5, 0.6) is 0 Å². The summed E-state index contributed by atoms with van der Waals surface area (Å²) in [6, 6.07) is 14.6. The molecule has 1 fully saturated rings. The van der Waals surface area contributed by atoms with Crippen molar-refractivity contribution in [2.24, 2.45) is 0 Å². The highest BCUT2D eigenvalue weighted by Crippen LogP contribution is 2.35. The lowest BCUT2D eigenvalue weighted by Crippen LogP contribution is -2.45. The van der Waals surface area contributed by atoms with Gasteiger partial charge in [-0.2, -0.15) is 0 Å². The van der Waals surface area contributed by atoms with E-state index in [0.717, 1.165) is 28.4 Å². The summed E-state index contributed by atoms with van der Waals surface area (Å²) >= 11 is 3.59. The molecular formula is C27H33BrClN7O4. The zero-order chi connectivity index (χ0) is 27.8. The average molecular weight is 635 g/mol. The molecule has 3 amide bonds. The lowest BCUT2D eigenvalue weighted by atomic mass is 10.0. The summed E-state index contributed by atoms with van der Waals surface area (Å²) in [5.41, 5.74) is 8.84. The molecule has 1 unspecified atom stereocenters. The number of carbonyl (C=O) groups is 3. The molecule has 1 aliphatic rings. The number of rotatable bonds is 10. The summed E-state index contributed by atoms with van der Waals surface area (Å²) in [5.74, 6) is -0.568. The molecule has 11 nitrogen and oxygen atoms in total. The predicted octanol–water partition coefficient (Wildman–Crippen LogP) is 3.68. The minimum atomic E-state index is -0.424. The maximum absolute atomic E-state index is 13.3. The number of aromatic nitrogens is 3. The Morgan fingerprint density at radius 1 is 1.15 bits per heavy atom. The van der Waals surface area contributed by atoms with Gasteiger partial charge in [-0.05, 0) is 49.1 Å². The fraction of sp³-hybridized carbons (Fsp3) is 0.370. The minimum Gasteiger partial charge on any atom is -0.465 e. The van der Waals surface area contributed by atoms with Gasteiger partial charge in [-0.1, -0.05) is 51.5 Å². The average Bonchev–Trinajstić information content (AvgIpc) is 3.58. The van der Waals surface area contributed by atoms with Crippen molar-refractivity contribution in [1.82, 2.24) is 30.1 Å². The number of nitrogens with zero attached hydrogens (tertiary/aromatic N) is 5. The zero-order valence-electron chi connectivity index (χ0n) is 22.2. The molecule has 1 atom stereocenters. The van der Waals surface area contributed by atoms with E-state index in [1.54, 1.807) is 25.3 Å². The molecule has 1 saturated heterocycles. The number of anilines is 1. The van der Waals surface area contributed by atoms with E-state index in [0.29, 0.717) is 17.9 Å². The zero-order valence-corrected chi connectivity index (χ0v) is 24.6. The Labute approximate surface area is 247 Å². The lowest BCUT2D eigenvalue weighted by molar-refractivity contribution is -0.144. The quantitative estimate of drug-likeness (QED) is 0.257. The number of nitrogens with one attached hydrogen (secondary N) is 1. The Balaban J connectivity index is 0.00000441. The predicted molar refractivity (Wildman–Crippen MR) is 155 cm³/mol. The van der Waals surface area contributed by atoms with Gasteiger partial charge >= 0.3 is 12.0 Å². The van der Waals surface area contributed by atoms with Gasteiger partial charge in [0, 0.05) is 23.2 Å². The van der Waals surface area contributed by atoms with Crippen LogP contribution in [-0.2, 0) is 34.0 Å². The number of benzene rings is 2. The van der Waals surface area contributed by atoms with E-state index >= 15 is 0 Å². The van der Waals surface area contributed by atoms with Crippen molar-refractivity contribution in [3.8, 4) is 0 Å². The minimum absolute atomic E-state index is 0. The largest absolute Gasteiger partial charge is 0.465 e. The third-order valence-electron chi connectivity index (χ3n) is 6.40. The molecule has 2 aromatic carbocycles. The first-order valence-electron chi connectivity index (χ1n) is 12.8. The molecule has 3 aromatic rings. The Kier molecular flexibility index (Phi) is 11.3. The molecule has 3 N–H and O–H groups in total. The number of halogens is 2. The van der Waals surface area contributed by atoms with Crippen molar-refractivity contribution in [2.75, 3.05) is 25.4 Å². The van der Waals surface area contributed by atoms with Crippen LogP contribution in [0.15, 0.2) is 59.2 Å². The molecular weight excluding hydrogens is 602 g/mol. The smallest absolute Gasteiger partial charge is 0.327 e. The summed E-state index contributed by atoms with van der Waals surface area (Å²) in [5, 5.41) is 10.9. The number of carbonyl (C=O) groups excluding carboxylic acids is 3. The molecule has 1 aliphatic heterocycles. The van der Waals surface area contributed by atoms with Gasteiger partial charge < -0.3 is 25.6 Å².